The van der Waals surface area contributed by atoms with E-state index in [2.05, 4.69) is 17.3 Å². The maximum Gasteiger partial charge on any atom is 0.126 e. The number of piperidine rings is 2. The van der Waals surface area contributed by atoms with Crippen molar-refractivity contribution in [3.8, 4) is 0 Å². The van der Waals surface area contributed by atoms with Crippen LogP contribution in [0, 0.1) is 11.2 Å². The summed E-state index contributed by atoms with van der Waals surface area (Å²) in [6.45, 7) is 4.29. The minimum absolute atomic E-state index is 0.0329. The van der Waals surface area contributed by atoms with Gasteiger partial charge < -0.3 is 10.2 Å². The van der Waals surface area contributed by atoms with Crippen molar-refractivity contribution in [2.75, 3.05) is 33.2 Å². The largest absolute Gasteiger partial charge is 0.316 e. The maximum absolute atomic E-state index is 14.2. The maximum atomic E-state index is 14.2. The second-order valence-electron chi connectivity index (χ2n) is 6.19. The molecule has 1 spiro atoms. The molecule has 19 heavy (non-hydrogen) atoms. The average molecular weight is 262 g/mol. The number of hydrogen-bond acceptors (Lipinski definition) is 2. The first kappa shape index (κ1) is 13.1. The summed E-state index contributed by atoms with van der Waals surface area (Å²) in [6, 6.07) is 7.34. The molecule has 2 aliphatic rings. The summed E-state index contributed by atoms with van der Waals surface area (Å²) in [5.74, 6) is 0.297. The molecule has 1 N–H and O–H groups in total. The molecule has 3 heteroatoms. The van der Waals surface area contributed by atoms with Gasteiger partial charge in [-0.15, -0.1) is 0 Å². The molecule has 2 saturated heterocycles. The molecule has 1 atom stereocenters. The molecule has 104 valence electrons. The number of nitrogens with zero attached hydrogens (tertiary/aromatic N) is 1. The monoisotopic (exact) mass is 262 g/mol. The highest BCUT2D eigenvalue weighted by atomic mass is 19.1. The van der Waals surface area contributed by atoms with Gasteiger partial charge in [0.1, 0.15) is 5.82 Å². The Morgan fingerprint density at radius 2 is 1.95 bits per heavy atom. The van der Waals surface area contributed by atoms with Crippen LogP contribution in [0.25, 0.3) is 0 Å². The van der Waals surface area contributed by atoms with Gasteiger partial charge in [-0.1, -0.05) is 18.2 Å². The molecule has 2 heterocycles. The lowest BCUT2D eigenvalue weighted by Gasteiger charge is -2.49. The van der Waals surface area contributed by atoms with Crippen LogP contribution in [0.2, 0.25) is 0 Å². The minimum Gasteiger partial charge on any atom is -0.316 e. The van der Waals surface area contributed by atoms with E-state index < -0.39 is 0 Å². The van der Waals surface area contributed by atoms with E-state index in [4.69, 9.17) is 0 Å². The predicted octanol–water partition coefficient (Wildman–Crippen LogP) is 2.61. The number of halogens is 1. The zero-order chi connectivity index (χ0) is 13.3. The van der Waals surface area contributed by atoms with Crippen LogP contribution in [-0.2, 0) is 0 Å². The van der Waals surface area contributed by atoms with Crippen molar-refractivity contribution < 1.29 is 4.39 Å². The lowest BCUT2D eigenvalue weighted by molar-refractivity contribution is 0.0638. The predicted molar refractivity (Wildman–Crippen MR) is 75.8 cm³/mol. The Balaban J connectivity index is 1.91. The number of hydrogen-bond donors (Lipinski definition) is 1. The summed E-state index contributed by atoms with van der Waals surface area (Å²) >= 11 is 0. The SMILES string of the molecule is CN1CCC2(CCNCC2c2ccccc2F)CC1. The lowest BCUT2D eigenvalue weighted by atomic mass is 9.62. The second kappa shape index (κ2) is 5.22. The highest BCUT2D eigenvalue weighted by Gasteiger charge is 2.43. The van der Waals surface area contributed by atoms with Crippen molar-refractivity contribution >= 4 is 0 Å². The highest BCUT2D eigenvalue weighted by molar-refractivity contribution is 5.26. The third-order valence-electron chi connectivity index (χ3n) is 5.15. The Morgan fingerprint density at radius 1 is 1.21 bits per heavy atom. The molecular weight excluding hydrogens is 239 g/mol. The topological polar surface area (TPSA) is 15.3 Å². The van der Waals surface area contributed by atoms with E-state index in [-0.39, 0.29) is 5.82 Å². The van der Waals surface area contributed by atoms with Crippen LogP contribution >= 0.6 is 0 Å². The third-order valence-corrected chi connectivity index (χ3v) is 5.15. The van der Waals surface area contributed by atoms with Crippen LogP contribution < -0.4 is 5.32 Å². The van der Waals surface area contributed by atoms with Gasteiger partial charge in [0, 0.05) is 12.5 Å². The first-order chi connectivity index (χ1) is 9.21. The molecule has 1 unspecified atom stereocenters. The molecule has 0 aliphatic carbocycles. The summed E-state index contributed by atoms with van der Waals surface area (Å²) in [6.07, 6.45) is 3.58. The number of rotatable bonds is 1. The minimum atomic E-state index is -0.0329. The van der Waals surface area contributed by atoms with Crippen LogP contribution in [0.1, 0.15) is 30.7 Å². The van der Waals surface area contributed by atoms with Crippen molar-refractivity contribution in [1.29, 1.82) is 0 Å². The van der Waals surface area contributed by atoms with Gasteiger partial charge in [0.25, 0.3) is 0 Å². The van der Waals surface area contributed by atoms with Gasteiger partial charge >= 0.3 is 0 Å². The number of likely N-dealkylation sites (tertiary alicyclic amines) is 1. The average Bonchev–Trinajstić information content (AvgIpc) is 2.44. The van der Waals surface area contributed by atoms with E-state index in [0.29, 0.717) is 11.3 Å². The summed E-state index contributed by atoms with van der Waals surface area (Å²) in [7, 11) is 2.19. The van der Waals surface area contributed by atoms with Crippen LogP contribution in [0.15, 0.2) is 24.3 Å². The van der Waals surface area contributed by atoms with Crippen LogP contribution in [0.4, 0.5) is 4.39 Å². The Bertz CT molecular complexity index is 438. The molecule has 1 aromatic carbocycles. The van der Waals surface area contributed by atoms with Crippen LogP contribution in [0.5, 0.6) is 0 Å². The normalized spacial score (nSPS) is 27.6. The van der Waals surface area contributed by atoms with E-state index in [1.165, 1.54) is 19.3 Å². The standard InChI is InChI=1S/C16H23FN2/c1-19-10-7-16(8-11-19)6-9-18-12-14(16)13-4-2-3-5-15(13)17/h2-5,14,18H,6-12H2,1H3. The van der Waals surface area contributed by atoms with E-state index >= 15 is 0 Å². The molecule has 2 nitrogen and oxygen atoms in total. The van der Waals surface area contributed by atoms with Crippen LogP contribution in [0.3, 0.4) is 0 Å². The molecule has 0 aromatic heterocycles. The van der Waals surface area contributed by atoms with Crippen molar-refractivity contribution in [3.05, 3.63) is 35.6 Å². The van der Waals surface area contributed by atoms with E-state index in [1.54, 1.807) is 12.1 Å². The Kier molecular flexibility index (Phi) is 3.59. The van der Waals surface area contributed by atoms with E-state index in [1.807, 2.05) is 12.1 Å². The molecule has 0 amide bonds. The first-order valence-corrected chi connectivity index (χ1v) is 7.35. The Morgan fingerprint density at radius 3 is 2.68 bits per heavy atom. The second-order valence-corrected chi connectivity index (χ2v) is 6.19. The highest BCUT2D eigenvalue weighted by Crippen LogP contribution is 2.48. The lowest BCUT2D eigenvalue weighted by Crippen LogP contribution is -2.49. The summed E-state index contributed by atoms with van der Waals surface area (Å²) in [5.41, 5.74) is 1.22. The van der Waals surface area contributed by atoms with E-state index in [9.17, 15) is 4.39 Å². The number of nitrogens with one attached hydrogen (secondary N) is 1. The molecule has 0 bridgehead atoms. The van der Waals surface area contributed by atoms with Gasteiger partial charge in [0.15, 0.2) is 0 Å². The Labute approximate surface area is 115 Å². The van der Waals surface area contributed by atoms with Gasteiger partial charge in [0.05, 0.1) is 0 Å². The van der Waals surface area contributed by atoms with Crippen molar-refractivity contribution in [3.63, 3.8) is 0 Å². The molecule has 2 aliphatic heterocycles. The first-order valence-electron chi connectivity index (χ1n) is 7.35. The summed E-state index contributed by atoms with van der Waals surface area (Å²) < 4.78 is 14.2. The van der Waals surface area contributed by atoms with Gasteiger partial charge in [-0.2, -0.15) is 0 Å². The van der Waals surface area contributed by atoms with Crippen molar-refractivity contribution in [2.24, 2.45) is 5.41 Å². The molecule has 0 radical (unpaired) electrons. The van der Waals surface area contributed by atoms with Gasteiger partial charge in [-0.05, 0) is 63.0 Å². The zero-order valence-electron chi connectivity index (χ0n) is 11.7. The van der Waals surface area contributed by atoms with Gasteiger partial charge in [-0.25, -0.2) is 4.39 Å². The molecule has 0 saturated carbocycles. The fraction of sp³-hybridized carbons (Fsp3) is 0.625. The molecule has 1 aromatic rings. The molecule has 3 rings (SSSR count). The summed E-state index contributed by atoms with van der Waals surface area (Å²) in [4.78, 5) is 2.39. The fourth-order valence-electron chi connectivity index (χ4n) is 3.83. The fourth-order valence-corrected chi connectivity index (χ4v) is 3.83. The quantitative estimate of drug-likeness (QED) is 0.837. The molecule has 2 fully saturated rings. The smallest absolute Gasteiger partial charge is 0.126 e. The molecular formula is C16H23FN2. The Hall–Kier alpha value is -0.930. The third kappa shape index (κ3) is 2.41. The zero-order valence-corrected chi connectivity index (χ0v) is 11.7. The van der Waals surface area contributed by atoms with Crippen molar-refractivity contribution in [1.82, 2.24) is 10.2 Å². The van der Waals surface area contributed by atoms with Crippen LogP contribution in [-0.4, -0.2) is 38.1 Å². The van der Waals surface area contributed by atoms with Gasteiger partial charge in [-0.3, -0.25) is 0 Å². The van der Waals surface area contributed by atoms with E-state index in [0.717, 1.165) is 31.7 Å². The number of benzene rings is 1. The van der Waals surface area contributed by atoms with Gasteiger partial charge in [0.2, 0.25) is 0 Å². The summed E-state index contributed by atoms with van der Waals surface area (Å²) in [5, 5.41) is 3.46. The van der Waals surface area contributed by atoms with Crippen molar-refractivity contribution in [2.45, 2.75) is 25.2 Å².